The van der Waals surface area contributed by atoms with Gasteiger partial charge in [-0.05, 0) is 45.2 Å². The summed E-state index contributed by atoms with van der Waals surface area (Å²) < 4.78 is 20.3. The molecular weight excluding hydrogens is 477 g/mol. The monoisotopic (exact) mass is 505 g/mol. The van der Waals surface area contributed by atoms with Gasteiger partial charge in [0, 0.05) is 42.7 Å². The topological polar surface area (TPSA) is 136 Å². The number of ether oxygens (including phenoxy) is 1. The molecule has 0 bridgehead atoms. The average Bonchev–Trinajstić information content (AvgIpc) is 3.46. The lowest BCUT2D eigenvalue weighted by Crippen LogP contribution is -2.56. The molecule has 0 radical (unpaired) electrons. The standard InChI is InChI=1S/C25H28FN9O2/c1-14-7-20(31-21-8-15(2)33-34-21)32-23(29-14)18-9-25(10-18,37-4)24(36)30-16(3)17-5-6-22(27-11-17)35-13-19(26)12-28-35/h5-8,11-13,16,18H,9-10H2,1-4H3,(H,30,36)(H2,29,31,32,33,34)/t16-,18?,25?/m0/s1. The van der Waals surface area contributed by atoms with Crippen LogP contribution in [0.4, 0.5) is 16.0 Å². The number of hydrogen-bond donors (Lipinski definition) is 3. The number of aryl methyl sites for hydroxylation is 2. The number of halogens is 1. The van der Waals surface area contributed by atoms with E-state index < -0.39 is 11.4 Å². The largest absolute Gasteiger partial charge is 0.368 e. The van der Waals surface area contributed by atoms with E-state index in [0.717, 1.165) is 23.1 Å². The van der Waals surface area contributed by atoms with Gasteiger partial charge in [0.15, 0.2) is 17.5 Å². The SMILES string of the molecule is COC1(C(=O)N[C@@H](C)c2ccc(-n3cc(F)cn3)nc2)CC(c2nc(C)cc(Nc3cc(C)[nH]n3)n2)C1. The predicted molar refractivity (Wildman–Crippen MR) is 133 cm³/mol. The van der Waals surface area contributed by atoms with Gasteiger partial charge in [-0.1, -0.05) is 6.07 Å². The number of rotatable bonds is 8. The van der Waals surface area contributed by atoms with Crippen molar-refractivity contribution in [2.45, 2.75) is 51.2 Å². The van der Waals surface area contributed by atoms with E-state index in [9.17, 15) is 9.18 Å². The van der Waals surface area contributed by atoms with Crippen LogP contribution in [0.1, 0.15) is 54.5 Å². The first-order valence-corrected chi connectivity index (χ1v) is 11.9. The number of carbonyl (C=O) groups is 1. The number of anilines is 2. The van der Waals surface area contributed by atoms with Crippen LogP contribution in [0.15, 0.2) is 42.9 Å². The van der Waals surface area contributed by atoms with E-state index in [1.165, 1.54) is 10.9 Å². The lowest BCUT2D eigenvalue weighted by atomic mass is 9.69. The van der Waals surface area contributed by atoms with Crippen LogP contribution in [-0.4, -0.2) is 53.5 Å². The van der Waals surface area contributed by atoms with E-state index in [0.29, 0.717) is 36.1 Å². The van der Waals surface area contributed by atoms with Crippen LogP contribution >= 0.6 is 0 Å². The van der Waals surface area contributed by atoms with Crippen molar-refractivity contribution in [3.8, 4) is 5.82 Å². The molecule has 0 spiro atoms. The number of H-pyrrole nitrogens is 1. The molecule has 0 unspecified atom stereocenters. The lowest BCUT2D eigenvalue weighted by Gasteiger charge is -2.44. The van der Waals surface area contributed by atoms with E-state index in [-0.39, 0.29) is 17.9 Å². The first-order chi connectivity index (χ1) is 17.7. The van der Waals surface area contributed by atoms with Gasteiger partial charge < -0.3 is 15.4 Å². The number of methoxy groups -OCH3 is 1. The molecule has 1 amide bonds. The Balaban J connectivity index is 1.23. The summed E-state index contributed by atoms with van der Waals surface area (Å²) in [6.07, 6.45) is 4.94. The summed E-state index contributed by atoms with van der Waals surface area (Å²) in [5.41, 5.74) is 1.61. The van der Waals surface area contributed by atoms with Crippen molar-refractivity contribution in [1.82, 2.24) is 40.2 Å². The first-order valence-electron chi connectivity index (χ1n) is 11.9. The van der Waals surface area contributed by atoms with E-state index in [4.69, 9.17) is 4.74 Å². The first kappa shape index (κ1) is 24.5. The molecule has 1 fully saturated rings. The van der Waals surface area contributed by atoms with Crippen LogP contribution < -0.4 is 10.6 Å². The Kier molecular flexibility index (Phi) is 6.42. The minimum absolute atomic E-state index is 0.0159. The van der Waals surface area contributed by atoms with E-state index in [2.05, 4.69) is 40.9 Å². The number of aromatic nitrogens is 7. The van der Waals surface area contributed by atoms with Crippen molar-refractivity contribution in [2.75, 3.05) is 12.4 Å². The Hall–Kier alpha value is -4.19. The van der Waals surface area contributed by atoms with Crippen molar-refractivity contribution >= 4 is 17.5 Å². The van der Waals surface area contributed by atoms with Crippen LogP contribution in [0.5, 0.6) is 0 Å². The van der Waals surface area contributed by atoms with Crippen LogP contribution in [0.2, 0.25) is 0 Å². The quantitative estimate of drug-likeness (QED) is 0.331. The molecule has 5 rings (SSSR count). The Morgan fingerprint density at radius 1 is 1.22 bits per heavy atom. The number of amides is 1. The number of nitrogens with zero attached hydrogens (tertiary/aromatic N) is 6. The van der Waals surface area contributed by atoms with E-state index >= 15 is 0 Å². The summed E-state index contributed by atoms with van der Waals surface area (Å²) in [6, 6.07) is 6.99. The highest BCUT2D eigenvalue weighted by molar-refractivity contribution is 5.87. The zero-order valence-electron chi connectivity index (χ0n) is 21.0. The third kappa shape index (κ3) is 5.05. The number of aromatic amines is 1. The van der Waals surface area contributed by atoms with Gasteiger partial charge in [0.05, 0.1) is 18.4 Å². The molecule has 37 heavy (non-hydrogen) atoms. The van der Waals surface area contributed by atoms with Crippen molar-refractivity contribution in [3.63, 3.8) is 0 Å². The van der Waals surface area contributed by atoms with Crippen molar-refractivity contribution in [2.24, 2.45) is 0 Å². The third-order valence-electron chi connectivity index (χ3n) is 6.56. The van der Waals surface area contributed by atoms with Crippen molar-refractivity contribution < 1.29 is 13.9 Å². The maximum absolute atomic E-state index is 13.2. The second-order valence-corrected chi connectivity index (χ2v) is 9.37. The van der Waals surface area contributed by atoms with Gasteiger partial charge >= 0.3 is 0 Å². The average molecular weight is 506 g/mol. The van der Waals surface area contributed by atoms with Crippen LogP contribution in [-0.2, 0) is 9.53 Å². The Bertz CT molecular complexity index is 1410. The maximum Gasteiger partial charge on any atom is 0.252 e. The molecule has 1 saturated carbocycles. The summed E-state index contributed by atoms with van der Waals surface area (Å²) in [5, 5.41) is 17.2. The molecule has 4 aromatic heterocycles. The maximum atomic E-state index is 13.2. The third-order valence-corrected chi connectivity index (χ3v) is 6.56. The number of carbonyl (C=O) groups excluding carboxylic acids is 1. The zero-order valence-corrected chi connectivity index (χ0v) is 21.0. The fourth-order valence-electron chi connectivity index (χ4n) is 4.44. The molecule has 3 N–H and O–H groups in total. The minimum atomic E-state index is -0.959. The Morgan fingerprint density at radius 3 is 2.65 bits per heavy atom. The summed E-state index contributed by atoms with van der Waals surface area (Å²) in [7, 11) is 1.55. The Labute approximate surface area is 212 Å². The molecule has 0 saturated heterocycles. The van der Waals surface area contributed by atoms with Crippen LogP contribution in [0, 0.1) is 19.7 Å². The second kappa shape index (κ2) is 9.69. The number of nitrogens with one attached hydrogen (secondary N) is 3. The predicted octanol–water partition coefficient (Wildman–Crippen LogP) is 3.42. The summed E-state index contributed by atoms with van der Waals surface area (Å²) >= 11 is 0. The van der Waals surface area contributed by atoms with Gasteiger partial charge in [-0.2, -0.15) is 10.2 Å². The van der Waals surface area contributed by atoms with Crippen molar-refractivity contribution in [1.29, 1.82) is 0 Å². The van der Waals surface area contributed by atoms with E-state index in [1.807, 2.05) is 39.0 Å². The zero-order chi connectivity index (χ0) is 26.2. The van der Waals surface area contributed by atoms with Crippen LogP contribution in [0.3, 0.4) is 0 Å². The van der Waals surface area contributed by atoms with Gasteiger partial charge in [-0.3, -0.25) is 9.89 Å². The van der Waals surface area contributed by atoms with Crippen molar-refractivity contribution in [3.05, 3.63) is 71.4 Å². The second-order valence-electron chi connectivity index (χ2n) is 9.37. The molecule has 192 valence electrons. The van der Waals surface area contributed by atoms with E-state index in [1.54, 1.807) is 19.4 Å². The minimum Gasteiger partial charge on any atom is -0.368 e. The normalized spacial score (nSPS) is 19.8. The molecule has 12 heteroatoms. The smallest absolute Gasteiger partial charge is 0.252 e. The summed E-state index contributed by atoms with van der Waals surface area (Å²) in [5.74, 6) is 1.82. The van der Waals surface area contributed by atoms with Gasteiger partial charge in [0.25, 0.3) is 5.91 Å². The number of hydrogen-bond acceptors (Lipinski definition) is 8. The van der Waals surface area contributed by atoms with Gasteiger partial charge in [-0.25, -0.2) is 24.0 Å². The molecular formula is C25H28FN9O2. The number of pyridine rings is 1. The highest BCUT2D eigenvalue weighted by Gasteiger charge is 2.52. The fourth-order valence-corrected chi connectivity index (χ4v) is 4.44. The molecule has 1 aliphatic rings. The van der Waals surface area contributed by atoms with Crippen LogP contribution in [0.25, 0.3) is 5.82 Å². The molecule has 0 aliphatic heterocycles. The molecule has 4 heterocycles. The Morgan fingerprint density at radius 2 is 2.03 bits per heavy atom. The molecule has 1 atom stereocenters. The molecule has 0 aromatic carbocycles. The lowest BCUT2D eigenvalue weighted by molar-refractivity contribution is -0.158. The molecule has 11 nitrogen and oxygen atoms in total. The fraction of sp³-hybridized carbons (Fsp3) is 0.360. The van der Waals surface area contributed by atoms with Gasteiger partial charge in [0.1, 0.15) is 17.2 Å². The summed E-state index contributed by atoms with van der Waals surface area (Å²) in [4.78, 5) is 26.8. The molecule has 4 aromatic rings. The molecule has 1 aliphatic carbocycles. The highest BCUT2D eigenvalue weighted by Crippen LogP contribution is 2.46. The van der Waals surface area contributed by atoms with Gasteiger partial charge in [-0.15, -0.1) is 0 Å². The summed E-state index contributed by atoms with van der Waals surface area (Å²) in [6.45, 7) is 5.71. The highest BCUT2D eigenvalue weighted by atomic mass is 19.1. The van der Waals surface area contributed by atoms with Gasteiger partial charge in [0.2, 0.25) is 0 Å².